The monoisotopic (exact) mass is 287 g/mol. The van der Waals surface area contributed by atoms with E-state index in [9.17, 15) is 9.59 Å². The summed E-state index contributed by atoms with van der Waals surface area (Å²) in [6, 6.07) is 7.64. The predicted octanol–water partition coefficient (Wildman–Crippen LogP) is 3.26. The van der Waals surface area contributed by atoms with E-state index in [1.54, 1.807) is 4.90 Å². The Bertz CT molecular complexity index is 533. The van der Waals surface area contributed by atoms with Crippen LogP contribution >= 0.6 is 0 Å². The fourth-order valence-corrected chi connectivity index (χ4v) is 2.98. The van der Waals surface area contributed by atoms with Crippen LogP contribution in [0.15, 0.2) is 24.3 Å². The third-order valence-electron chi connectivity index (χ3n) is 4.73. The molecule has 1 heterocycles. The van der Waals surface area contributed by atoms with Crippen LogP contribution in [0.2, 0.25) is 0 Å². The van der Waals surface area contributed by atoms with Crippen LogP contribution in [0.25, 0.3) is 0 Å². The van der Waals surface area contributed by atoms with Crippen molar-refractivity contribution in [1.29, 1.82) is 0 Å². The summed E-state index contributed by atoms with van der Waals surface area (Å²) in [5, 5.41) is 0. The van der Waals surface area contributed by atoms with Crippen molar-refractivity contribution in [3.63, 3.8) is 0 Å². The third kappa shape index (κ3) is 2.94. The molecule has 1 aromatic carbocycles. The van der Waals surface area contributed by atoms with Gasteiger partial charge in [-0.05, 0) is 24.3 Å². The Morgan fingerprint density at radius 1 is 1.33 bits per heavy atom. The molecule has 1 aromatic rings. The average molecular weight is 287 g/mol. The van der Waals surface area contributed by atoms with Crippen molar-refractivity contribution in [2.24, 2.45) is 11.8 Å². The third-order valence-corrected chi connectivity index (χ3v) is 4.73. The van der Waals surface area contributed by atoms with Gasteiger partial charge in [-0.15, -0.1) is 0 Å². The number of carbonyl (C=O) groups excluding carboxylic acids is 2. The molecule has 3 rings (SSSR count). The summed E-state index contributed by atoms with van der Waals surface area (Å²) < 4.78 is 4.91. The molecule has 112 valence electrons. The van der Waals surface area contributed by atoms with Gasteiger partial charge >= 0.3 is 6.09 Å². The second kappa shape index (κ2) is 5.88. The molecule has 1 amide bonds. The van der Waals surface area contributed by atoms with Gasteiger partial charge in [-0.3, -0.25) is 4.79 Å². The van der Waals surface area contributed by atoms with Gasteiger partial charge in [0.1, 0.15) is 6.61 Å². The number of hydrogen-bond acceptors (Lipinski definition) is 3. The first kappa shape index (κ1) is 14.1. The number of amides is 1. The Kier molecular flexibility index (Phi) is 3.95. The molecule has 2 fully saturated rings. The topological polar surface area (TPSA) is 46.6 Å². The second-order valence-corrected chi connectivity index (χ2v) is 6.08. The molecular formula is C17H21NO3. The van der Waals surface area contributed by atoms with Gasteiger partial charge in [-0.25, -0.2) is 4.79 Å². The molecule has 0 N–H and O–H groups in total. The van der Waals surface area contributed by atoms with Crippen molar-refractivity contribution in [1.82, 2.24) is 4.90 Å². The lowest BCUT2D eigenvalue weighted by Gasteiger charge is -2.30. The minimum Gasteiger partial charge on any atom is -0.448 e. The van der Waals surface area contributed by atoms with Crippen molar-refractivity contribution >= 4 is 11.9 Å². The summed E-state index contributed by atoms with van der Waals surface area (Å²) >= 11 is 0. The fraction of sp³-hybridized carbons (Fsp3) is 0.529. The molecule has 4 nitrogen and oxygen atoms in total. The van der Waals surface area contributed by atoms with Crippen molar-refractivity contribution in [2.75, 3.05) is 13.2 Å². The molecular weight excluding hydrogens is 266 g/mol. The maximum atomic E-state index is 12.4. The number of ketones is 1. The van der Waals surface area contributed by atoms with Crippen LogP contribution in [-0.2, 0) is 11.3 Å². The zero-order valence-corrected chi connectivity index (χ0v) is 12.4. The van der Waals surface area contributed by atoms with E-state index in [1.165, 1.54) is 19.3 Å². The Hall–Kier alpha value is -1.84. The van der Waals surface area contributed by atoms with Crippen LogP contribution < -0.4 is 0 Å². The molecule has 0 bridgehead atoms. The first-order chi connectivity index (χ1) is 10.1. The molecule has 1 atom stereocenters. The van der Waals surface area contributed by atoms with E-state index in [1.807, 2.05) is 31.2 Å². The number of Topliss-reactive ketones (excluding diaryl/α,β-unsaturated/α-hetero) is 1. The molecule has 2 aliphatic rings. The molecule has 1 aliphatic carbocycles. The molecule has 1 saturated carbocycles. The number of rotatable bonds is 5. The molecule has 1 saturated heterocycles. The molecule has 0 spiro atoms. The largest absolute Gasteiger partial charge is 0.448 e. The summed E-state index contributed by atoms with van der Waals surface area (Å²) in [7, 11) is 0. The number of carbonyl (C=O) groups is 2. The Morgan fingerprint density at radius 3 is 2.57 bits per heavy atom. The van der Waals surface area contributed by atoms with Gasteiger partial charge in [0.15, 0.2) is 5.78 Å². The number of nitrogens with zero attached hydrogens (tertiary/aromatic N) is 1. The Morgan fingerprint density at radius 2 is 2.05 bits per heavy atom. The lowest BCUT2D eigenvalue weighted by Crippen LogP contribution is -2.26. The fourth-order valence-electron chi connectivity index (χ4n) is 2.98. The maximum absolute atomic E-state index is 12.4. The van der Waals surface area contributed by atoms with Crippen molar-refractivity contribution < 1.29 is 14.3 Å². The zero-order valence-electron chi connectivity index (χ0n) is 12.4. The number of hydrogen-bond donors (Lipinski definition) is 0. The highest BCUT2D eigenvalue weighted by Crippen LogP contribution is 2.34. The summed E-state index contributed by atoms with van der Waals surface area (Å²) in [5.74, 6) is 0.932. The lowest BCUT2D eigenvalue weighted by molar-refractivity contribution is 0.0834. The second-order valence-electron chi connectivity index (χ2n) is 6.08. The van der Waals surface area contributed by atoms with E-state index < -0.39 is 0 Å². The first-order valence-corrected chi connectivity index (χ1v) is 7.70. The zero-order chi connectivity index (χ0) is 14.8. The summed E-state index contributed by atoms with van der Waals surface area (Å²) in [4.78, 5) is 25.5. The predicted molar refractivity (Wildman–Crippen MR) is 79.0 cm³/mol. The lowest BCUT2D eigenvalue weighted by atomic mass is 9.74. The van der Waals surface area contributed by atoms with Gasteiger partial charge in [0.25, 0.3) is 0 Å². The first-order valence-electron chi connectivity index (χ1n) is 7.70. The van der Waals surface area contributed by atoms with E-state index in [-0.39, 0.29) is 17.8 Å². The molecule has 1 aliphatic heterocycles. The Labute approximate surface area is 125 Å². The number of cyclic esters (lactones) is 1. The maximum Gasteiger partial charge on any atom is 0.410 e. The van der Waals surface area contributed by atoms with E-state index >= 15 is 0 Å². The van der Waals surface area contributed by atoms with Crippen LogP contribution in [0, 0.1) is 11.8 Å². The van der Waals surface area contributed by atoms with Gasteiger partial charge in [0, 0.05) is 18.0 Å². The highest BCUT2D eigenvalue weighted by molar-refractivity contribution is 5.97. The number of benzene rings is 1. The summed E-state index contributed by atoms with van der Waals surface area (Å²) in [5.41, 5.74) is 1.81. The molecule has 4 heteroatoms. The minimum atomic E-state index is -0.256. The van der Waals surface area contributed by atoms with E-state index in [4.69, 9.17) is 4.74 Å². The van der Waals surface area contributed by atoms with Gasteiger partial charge in [-0.2, -0.15) is 0 Å². The van der Waals surface area contributed by atoms with E-state index in [0.29, 0.717) is 25.6 Å². The van der Waals surface area contributed by atoms with E-state index in [2.05, 4.69) is 0 Å². The van der Waals surface area contributed by atoms with Crippen LogP contribution in [0.3, 0.4) is 0 Å². The number of ether oxygens (including phenoxy) is 1. The van der Waals surface area contributed by atoms with Crippen LogP contribution in [-0.4, -0.2) is 29.9 Å². The SMILES string of the molecule is C[C@@H](C(=O)c1ccc(CN2CCOC2=O)cc1)C1CCC1. The Balaban J connectivity index is 1.63. The van der Waals surface area contributed by atoms with Gasteiger partial charge in [0.05, 0.1) is 6.54 Å². The molecule has 0 radical (unpaired) electrons. The summed E-state index contributed by atoms with van der Waals surface area (Å²) in [6.07, 6.45) is 3.37. The summed E-state index contributed by atoms with van der Waals surface area (Å²) in [6.45, 7) is 3.69. The van der Waals surface area contributed by atoms with Crippen molar-refractivity contribution in [2.45, 2.75) is 32.7 Å². The normalized spacial score (nSPS) is 20.0. The molecule has 0 unspecified atom stereocenters. The molecule has 21 heavy (non-hydrogen) atoms. The van der Waals surface area contributed by atoms with Crippen LogP contribution in [0.5, 0.6) is 0 Å². The van der Waals surface area contributed by atoms with Gasteiger partial charge in [0.2, 0.25) is 0 Å². The quantitative estimate of drug-likeness (QED) is 0.781. The minimum absolute atomic E-state index is 0.123. The van der Waals surface area contributed by atoms with E-state index in [0.717, 1.165) is 11.1 Å². The smallest absolute Gasteiger partial charge is 0.410 e. The van der Waals surface area contributed by atoms with Crippen molar-refractivity contribution in [3.8, 4) is 0 Å². The highest BCUT2D eigenvalue weighted by atomic mass is 16.6. The van der Waals surface area contributed by atoms with Gasteiger partial charge in [-0.1, -0.05) is 37.6 Å². The standard InChI is InChI=1S/C17H21NO3/c1-12(14-3-2-4-14)16(19)15-7-5-13(6-8-15)11-18-9-10-21-17(18)20/h5-8,12,14H,2-4,9-11H2,1H3/t12-/m1/s1. The average Bonchev–Trinajstić information content (AvgIpc) is 2.82. The van der Waals surface area contributed by atoms with Crippen LogP contribution in [0.4, 0.5) is 4.79 Å². The van der Waals surface area contributed by atoms with Gasteiger partial charge < -0.3 is 9.64 Å². The van der Waals surface area contributed by atoms with Crippen LogP contribution in [0.1, 0.15) is 42.1 Å². The highest BCUT2D eigenvalue weighted by Gasteiger charge is 2.29. The molecule has 0 aromatic heterocycles. The van der Waals surface area contributed by atoms with Crippen molar-refractivity contribution in [3.05, 3.63) is 35.4 Å².